The van der Waals surface area contributed by atoms with Crippen molar-refractivity contribution in [2.24, 2.45) is 0 Å². The highest BCUT2D eigenvalue weighted by atomic mass is 35.5. The molecule has 6 rings (SSSR count). The van der Waals surface area contributed by atoms with Crippen LogP contribution in [0.25, 0.3) is 11.6 Å². The number of pyridine rings is 1. The molecule has 0 saturated heterocycles. The monoisotopic (exact) mass is 567 g/mol. The van der Waals surface area contributed by atoms with Crippen molar-refractivity contribution in [3.05, 3.63) is 62.5 Å². The molecule has 2 aliphatic rings. The van der Waals surface area contributed by atoms with Gasteiger partial charge in [-0.2, -0.15) is 0 Å². The summed E-state index contributed by atoms with van der Waals surface area (Å²) in [5.74, 6) is 1.34. The number of aryl methyl sites for hydroxylation is 2. The molecule has 2 aliphatic heterocycles. The second-order valence-corrected chi connectivity index (χ2v) is 11.1. The summed E-state index contributed by atoms with van der Waals surface area (Å²) in [5, 5.41) is 1.05. The number of amides is 2. The summed E-state index contributed by atoms with van der Waals surface area (Å²) < 4.78 is 13.3. The average Bonchev–Trinajstić information content (AvgIpc) is 3.65. The highest BCUT2D eigenvalue weighted by molar-refractivity contribution is 7.11. The number of halogens is 1. The van der Waals surface area contributed by atoms with Crippen LogP contribution in [-0.2, 0) is 29.1 Å². The molecular formula is C26H26ClN7O4S. The molecule has 0 N–H and O–H groups in total. The smallest absolute Gasteiger partial charge is 0.261 e. The molecule has 0 bridgehead atoms. The number of imidazole rings is 1. The van der Waals surface area contributed by atoms with Crippen LogP contribution in [0, 0.1) is 13.8 Å². The van der Waals surface area contributed by atoms with Gasteiger partial charge < -0.3 is 23.5 Å². The summed E-state index contributed by atoms with van der Waals surface area (Å²) in [6.07, 6.45) is 3.59. The maximum Gasteiger partial charge on any atom is 0.261 e. The summed E-state index contributed by atoms with van der Waals surface area (Å²) in [6, 6.07) is 2.99. The van der Waals surface area contributed by atoms with Gasteiger partial charge in [-0.05, 0) is 26.0 Å². The Morgan fingerprint density at radius 2 is 2.03 bits per heavy atom. The van der Waals surface area contributed by atoms with Gasteiger partial charge in [0.2, 0.25) is 11.8 Å². The molecule has 0 radical (unpaired) electrons. The van der Waals surface area contributed by atoms with Crippen LogP contribution >= 0.6 is 22.9 Å². The Bertz CT molecular complexity index is 1560. The third-order valence-electron chi connectivity index (χ3n) is 7.02. The summed E-state index contributed by atoms with van der Waals surface area (Å²) >= 11 is 7.94. The van der Waals surface area contributed by atoms with E-state index in [-0.39, 0.29) is 29.6 Å². The normalized spacial score (nSPS) is 16.7. The van der Waals surface area contributed by atoms with Gasteiger partial charge in [0.15, 0.2) is 17.5 Å². The fraction of sp³-hybridized carbons (Fsp3) is 0.385. The molecule has 2 amide bonds. The number of thiazole rings is 1. The molecule has 4 aromatic heterocycles. The molecule has 11 nitrogen and oxygen atoms in total. The van der Waals surface area contributed by atoms with Crippen LogP contribution in [0.3, 0.4) is 0 Å². The lowest BCUT2D eigenvalue weighted by atomic mass is 9.99. The first-order valence-electron chi connectivity index (χ1n) is 12.6. The molecule has 1 unspecified atom stereocenters. The Hall–Kier alpha value is -3.77. The van der Waals surface area contributed by atoms with E-state index in [0.717, 1.165) is 32.8 Å². The minimum Gasteiger partial charge on any atom is -0.481 e. The first kappa shape index (κ1) is 25.5. The molecule has 39 heavy (non-hydrogen) atoms. The van der Waals surface area contributed by atoms with E-state index in [1.807, 2.05) is 18.7 Å². The molecule has 0 aromatic carbocycles. The van der Waals surface area contributed by atoms with Crippen molar-refractivity contribution >= 4 is 34.8 Å². The van der Waals surface area contributed by atoms with Crippen LogP contribution in [-0.4, -0.2) is 65.8 Å². The highest BCUT2D eigenvalue weighted by Gasteiger charge is 2.40. The van der Waals surface area contributed by atoms with Gasteiger partial charge in [0.05, 0.1) is 39.7 Å². The minimum absolute atomic E-state index is 0.0308. The minimum atomic E-state index is -0.345. The van der Waals surface area contributed by atoms with E-state index in [4.69, 9.17) is 25.7 Å². The predicted molar refractivity (Wildman–Crippen MR) is 142 cm³/mol. The first-order chi connectivity index (χ1) is 18.8. The fourth-order valence-corrected chi connectivity index (χ4v) is 6.48. The second-order valence-electron chi connectivity index (χ2n) is 9.49. The number of carbonyl (C=O) groups is 2. The van der Waals surface area contributed by atoms with Crippen molar-refractivity contribution in [2.75, 3.05) is 19.7 Å². The van der Waals surface area contributed by atoms with Crippen LogP contribution in [0.4, 0.5) is 0 Å². The molecule has 1 atom stereocenters. The van der Waals surface area contributed by atoms with Crippen molar-refractivity contribution in [3.8, 4) is 17.3 Å². The first-order valence-corrected chi connectivity index (χ1v) is 13.8. The van der Waals surface area contributed by atoms with Crippen molar-refractivity contribution in [1.82, 2.24) is 34.3 Å². The van der Waals surface area contributed by atoms with Crippen molar-refractivity contribution in [1.29, 1.82) is 0 Å². The van der Waals surface area contributed by atoms with E-state index in [1.165, 1.54) is 12.5 Å². The summed E-state index contributed by atoms with van der Waals surface area (Å²) in [6.45, 7) is 7.48. The Labute approximate surface area is 233 Å². The molecule has 0 saturated carbocycles. The number of nitrogens with zero attached hydrogens (tertiary/aromatic N) is 7. The molecule has 13 heteroatoms. The van der Waals surface area contributed by atoms with E-state index in [1.54, 1.807) is 35.3 Å². The van der Waals surface area contributed by atoms with Gasteiger partial charge in [0.25, 0.3) is 5.91 Å². The van der Waals surface area contributed by atoms with Gasteiger partial charge in [0, 0.05) is 33.0 Å². The van der Waals surface area contributed by atoms with Crippen molar-refractivity contribution < 1.29 is 18.7 Å². The van der Waals surface area contributed by atoms with E-state index in [9.17, 15) is 9.59 Å². The molecule has 202 valence electrons. The lowest BCUT2D eigenvalue weighted by Crippen LogP contribution is -2.44. The molecule has 0 spiro atoms. The standard InChI is InChI=1S/C26H26ClN7O4S/c1-14-24(39-15(2)29-14)23-22-17(30-20-12-32(16(3)35)9-10-33(20)22)6-8-34(23)21(36)13-38-19-5-4-18(31-25(19)27)26-28-7-11-37-26/h4-5,7,11,23H,6,8-10,12-13H2,1-3H3. The van der Waals surface area contributed by atoms with Crippen molar-refractivity contribution in [3.63, 3.8) is 0 Å². The van der Waals surface area contributed by atoms with Gasteiger partial charge in [-0.3, -0.25) is 9.59 Å². The van der Waals surface area contributed by atoms with E-state index in [2.05, 4.69) is 19.5 Å². The summed E-state index contributed by atoms with van der Waals surface area (Å²) in [5.41, 5.74) is 3.32. The maximum absolute atomic E-state index is 13.7. The van der Waals surface area contributed by atoms with Gasteiger partial charge in [0.1, 0.15) is 23.8 Å². The lowest BCUT2D eigenvalue weighted by molar-refractivity contribution is -0.135. The van der Waals surface area contributed by atoms with Crippen LogP contribution in [0.2, 0.25) is 5.15 Å². The summed E-state index contributed by atoms with van der Waals surface area (Å²) in [4.78, 5) is 48.3. The van der Waals surface area contributed by atoms with Gasteiger partial charge in [-0.25, -0.2) is 19.9 Å². The molecule has 0 fully saturated rings. The number of oxazole rings is 1. The maximum atomic E-state index is 13.7. The van der Waals surface area contributed by atoms with Crippen LogP contribution in [0.5, 0.6) is 5.75 Å². The SMILES string of the molecule is CC(=O)N1CCn2c(nc3c2C(c2sc(C)nc2C)N(C(=O)COc2ccc(-c4ncco4)nc2Cl)CC3)C1. The Morgan fingerprint density at radius 3 is 2.72 bits per heavy atom. The topological polar surface area (TPSA) is 119 Å². The number of hydrogen-bond donors (Lipinski definition) is 0. The van der Waals surface area contributed by atoms with E-state index in [0.29, 0.717) is 49.9 Å². The number of ether oxygens (including phenoxy) is 1. The van der Waals surface area contributed by atoms with Crippen LogP contribution in [0.1, 0.15) is 45.8 Å². The number of hydrogen-bond acceptors (Lipinski definition) is 9. The van der Waals surface area contributed by atoms with Gasteiger partial charge >= 0.3 is 0 Å². The van der Waals surface area contributed by atoms with E-state index < -0.39 is 0 Å². The number of fused-ring (bicyclic) bond motifs is 3. The number of rotatable bonds is 5. The quantitative estimate of drug-likeness (QED) is 0.336. The zero-order valence-corrected chi connectivity index (χ0v) is 23.3. The Kier molecular flexibility index (Phi) is 6.59. The third-order valence-corrected chi connectivity index (χ3v) is 8.41. The Balaban J connectivity index is 1.29. The Morgan fingerprint density at radius 1 is 1.18 bits per heavy atom. The number of carbonyl (C=O) groups excluding carboxylic acids is 2. The second kappa shape index (κ2) is 10.1. The summed E-state index contributed by atoms with van der Waals surface area (Å²) in [7, 11) is 0. The van der Waals surface area contributed by atoms with Crippen LogP contribution < -0.4 is 4.74 Å². The molecule has 6 heterocycles. The predicted octanol–water partition coefficient (Wildman–Crippen LogP) is 3.58. The van der Waals surface area contributed by atoms with Crippen molar-refractivity contribution in [2.45, 2.75) is 46.3 Å². The number of aromatic nitrogens is 5. The zero-order chi connectivity index (χ0) is 27.3. The largest absolute Gasteiger partial charge is 0.481 e. The third kappa shape index (κ3) is 4.67. The highest BCUT2D eigenvalue weighted by Crippen LogP contribution is 2.40. The molecule has 0 aliphatic carbocycles. The lowest BCUT2D eigenvalue weighted by Gasteiger charge is -2.37. The van der Waals surface area contributed by atoms with E-state index >= 15 is 0 Å². The van der Waals surface area contributed by atoms with Crippen LogP contribution in [0.15, 0.2) is 29.0 Å². The molecular weight excluding hydrogens is 542 g/mol. The zero-order valence-electron chi connectivity index (χ0n) is 21.7. The molecule has 4 aromatic rings. The van der Waals surface area contributed by atoms with Gasteiger partial charge in [-0.15, -0.1) is 11.3 Å². The van der Waals surface area contributed by atoms with Gasteiger partial charge in [-0.1, -0.05) is 11.6 Å². The fourth-order valence-electron chi connectivity index (χ4n) is 5.23. The average molecular weight is 568 g/mol.